The first kappa shape index (κ1) is 44.0. The van der Waals surface area contributed by atoms with Gasteiger partial charge in [0.1, 0.15) is 9.67 Å². The van der Waals surface area contributed by atoms with Crippen molar-refractivity contribution in [3.8, 4) is 0 Å². The minimum atomic E-state index is -1.46. The summed E-state index contributed by atoms with van der Waals surface area (Å²) in [5.41, 5.74) is 6.36. The summed E-state index contributed by atoms with van der Waals surface area (Å²) in [5, 5.41) is 18.6. The van der Waals surface area contributed by atoms with Crippen LogP contribution in [0.4, 0.5) is 0 Å². The van der Waals surface area contributed by atoms with Gasteiger partial charge in [-0.05, 0) is 36.4 Å². The van der Waals surface area contributed by atoms with Crippen molar-refractivity contribution in [1.82, 2.24) is 29.9 Å². The number of carboxylic acids is 2. The first-order chi connectivity index (χ1) is 18.7. The fourth-order valence-electron chi connectivity index (χ4n) is 2.64. The number of H-pyrrole nitrogens is 3. The molecule has 0 fully saturated rings. The van der Waals surface area contributed by atoms with Gasteiger partial charge in [0, 0.05) is 0 Å². The summed E-state index contributed by atoms with van der Waals surface area (Å²) in [7, 11) is 0. The van der Waals surface area contributed by atoms with E-state index >= 15 is 0 Å². The third kappa shape index (κ3) is 16.7. The molecule has 3 aromatic carbocycles. The zero-order chi connectivity index (χ0) is 28.6. The first-order valence-corrected chi connectivity index (χ1v) is 12.6. The molecule has 6 rings (SSSR count). The molecule has 0 aliphatic heterocycles. The maximum atomic E-state index is 9.32. The van der Waals surface area contributed by atoms with E-state index in [1.54, 1.807) is 19.0 Å². The standard InChI is InChI=1S/3C7H6N2.2C2H2Cl2O2.Cu.3H2O/c3*1-2-4-7-6(3-1)8-5-9-7;2*3-1(4)2(5)6;;;;/h3*1-5H,(H,8,9);2*1H,(H,5,6);;3*1H2/q;;;;;+2;;;/p-2. The maximum Gasteiger partial charge on any atom is 2.00 e. The molecule has 0 unspecified atom stereocenters. The number of aliphatic carboxylic acids is 2. The molecule has 0 atom stereocenters. The molecule has 0 aliphatic carbocycles. The Bertz CT molecular complexity index is 1320. The second-order valence-electron chi connectivity index (χ2n) is 7.00. The van der Waals surface area contributed by atoms with E-state index in [0.717, 1.165) is 33.1 Å². The van der Waals surface area contributed by atoms with Crippen molar-refractivity contribution < 1.29 is 53.3 Å². The number of aromatic amines is 3. The van der Waals surface area contributed by atoms with Crippen molar-refractivity contribution in [1.29, 1.82) is 0 Å². The number of halogens is 4. The third-order valence-corrected chi connectivity index (χ3v) is 5.05. The molecule has 13 nitrogen and oxygen atoms in total. The van der Waals surface area contributed by atoms with Crippen molar-refractivity contribution in [3.05, 3.63) is 91.8 Å². The van der Waals surface area contributed by atoms with Gasteiger partial charge in [-0.1, -0.05) is 82.8 Å². The number of nitrogens with zero attached hydrogens (tertiary/aromatic N) is 3. The van der Waals surface area contributed by atoms with Crippen LogP contribution in [0.1, 0.15) is 0 Å². The van der Waals surface area contributed by atoms with E-state index in [1.807, 2.05) is 72.8 Å². The topological polar surface area (TPSA) is 261 Å². The van der Waals surface area contributed by atoms with Gasteiger partial charge >= 0.3 is 17.1 Å². The van der Waals surface area contributed by atoms with E-state index in [4.69, 9.17) is 46.4 Å². The molecule has 237 valence electrons. The molecular weight excluding hydrogens is 702 g/mol. The van der Waals surface area contributed by atoms with Gasteiger partial charge < -0.3 is 51.2 Å². The Morgan fingerprint density at radius 3 is 0.930 bits per heavy atom. The number of benzene rings is 3. The summed E-state index contributed by atoms with van der Waals surface area (Å²) in [4.78, 5) is 37.1. The number of imidazole rings is 3. The zero-order valence-electron chi connectivity index (χ0n) is 21.6. The monoisotopic (exact) mass is 725 g/mol. The average Bonchev–Trinajstić information content (AvgIpc) is 3.70. The van der Waals surface area contributed by atoms with E-state index in [-0.39, 0.29) is 33.5 Å². The van der Waals surface area contributed by atoms with Crippen molar-refractivity contribution in [2.75, 3.05) is 0 Å². The van der Waals surface area contributed by atoms with E-state index in [2.05, 4.69) is 29.9 Å². The van der Waals surface area contributed by atoms with E-state index in [9.17, 15) is 19.8 Å². The predicted octanol–water partition coefficient (Wildman–Crippen LogP) is 1.29. The van der Waals surface area contributed by atoms with E-state index in [0.29, 0.717) is 0 Å². The summed E-state index contributed by atoms with van der Waals surface area (Å²) in [6, 6.07) is 23.8. The van der Waals surface area contributed by atoms with Crippen LogP contribution < -0.4 is 10.2 Å². The first-order valence-electron chi connectivity index (χ1n) is 10.8. The Balaban J connectivity index is -0.000000461. The molecule has 0 aliphatic rings. The second kappa shape index (κ2) is 24.1. The van der Waals surface area contributed by atoms with Gasteiger partial charge in [0.05, 0.1) is 64.0 Å². The molecule has 0 saturated carbocycles. The van der Waals surface area contributed by atoms with Crippen LogP contribution in [0, 0.1) is 0 Å². The van der Waals surface area contributed by atoms with Crippen LogP contribution in [0.15, 0.2) is 91.8 Å². The van der Waals surface area contributed by atoms with Gasteiger partial charge in [-0.2, -0.15) is 0 Å². The zero-order valence-corrected chi connectivity index (χ0v) is 25.6. The Morgan fingerprint density at radius 2 is 0.744 bits per heavy atom. The van der Waals surface area contributed by atoms with Gasteiger partial charge in [0.25, 0.3) is 0 Å². The average molecular weight is 728 g/mol. The van der Waals surface area contributed by atoms with Crippen molar-refractivity contribution in [3.63, 3.8) is 0 Å². The number of carbonyl (C=O) groups is 2. The molecule has 9 N–H and O–H groups in total. The largest absolute Gasteiger partial charge is 2.00 e. The third-order valence-electron chi connectivity index (χ3n) is 4.34. The Labute approximate surface area is 275 Å². The van der Waals surface area contributed by atoms with Crippen LogP contribution in [0.5, 0.6) is 0 Å². The molecule has 1 radical (unpaired) electrons. The predicted molar refractivity (Wildman–Crippen MR) is 160 cm³/mol. The van der Waals surface area contributed by atoms with Gasteiger partial charge in [-0.25, -0.2) is 15.0 Å². The Kier molecular flexibility index (Phi) is 24.6. The number of alkyl halides is 4. The molecule has 3 aromatic heterocycles. The molecule has 3 heterocycles. The Morgan fingerprint density at radius 1 is 0.535 bits per heavy atom. The Hall–Kier alpha value is -3.43. The number of carboxylic acid groups (broad SMARTS) is 2. The number of para-hydroxylation sites is 6. The number of fused-ring (bicyclic) bond motifs is 3. The number of aromatic nitrogens is 6. The van der Waals surface area contributed by atoms with Crippen LogP contribution in [0.2, 0.25) is 0 Å². The number of hydrogen-bond donors (Lipinski definition) is 3. The van der Waals surface area contributed by atoms with Crippen LogP contribution >= 0.6 is 46.4 Å². The number of carbonyl (C=O) groups excluding carboxylic acids is 2. The SMILES string of the molecule is O.O.O.O=C([O-])C(Cl)Cl.O=C([O-])C(Cl)Cl.[Cu+2].c1ccc2[nH]cnc2c1.c1ccc2[nH]cnc2c1.c1ccc2[nH]cnc2c1. The summed E-state index contributed by atoms with van der Waals surface area (Å²) in [6.45, 7) is 0. The molecule has 0 amide bonds. The van der Waals surface area contributed by atoms with Crippen LogP contribution in [-0.2, 0) is 26.7 Å². The minimum absolute atomic E-state index is 0. The van der Waals surface area contributed by atoms with Crippen molar-refractivity contribution in [2.45, 2.75) is 9.67 Å². The summed E-state index contributed by atoms with van der Waals surface area (Å²) in [5.74, 6) is -2.92. The van der Waals surface area contributed by atoms with Gasteiger partial charge in [-0.15, -0.1) is 0 Å². The van der Waals surface area contributed by atoms with Gasteiger partial charge in [0.2, 0.25) is 0 Å². The summed E-state index contributed by atoms with van der Waals surface area (Å²) >= 11 is 18.9. The van der Waals surface area contributed by atoms with Crippen LogP contribution in [0.25, 0.3) is 33.1 Å². The molecule has 0 bridgehead atoms. The molecule has 18 heteroatoms. The van der Waals surface area contributed by atoms with Crippen molar-refractivity contribution >= 4 is 91.4 Å². The fraction of sp³-hybridized carbons (Fsp3) is 0.0800. The maximum absolute atomic E-state index is 9.32. The van der Waals surface area contributed by atoms with Gasteiger partial charge in [-0.3, -0.25) is 0 Å². The van der Waals surface area contributed by atoms with Crippen LogP contribution in [0.3, 0.4) is 0 Å². The molecular formula is C25H26Cl4CuN6O7. The van der Waals surface area contributed by atoms with E-state index in [1.165, 1.54) is 0 Å². The molecule has 6 aromatic rings. The number of nitrogens with one attached hydrogen (secondary N) is 3. The normalized spacial score (nSPS) is 8.98. The molecule has 43 heavy (non-hydrogen) atoms. The summed E-state index contributed by atoms with van der Waals surface area (Å²) < 4.78 is 0. The fourth-order valence-corrected chi connectivity index (χ4v) is 2.64. The minimum Gasteiger partial charge on any atom is -0.547 e. The second-order valence-corrected chi connectivity index (χ2v) is 9.19. The van der Waals surface area contributed by atoms with Gasteiger partial charge in [0.15, 0.2) is 0 Å². The van der Waals surface area contributed by atoms with Crippen molar-refractivity contribution in [2.24, 2.45) is 0 Å². The quantitative estimate of drug-likeness (QED) is 0.174. The van der Waals surface area contributed by atoms with E-state index < -0.39 is 21.6 Å². The number of hydrogen-bond acceptors (Lipinski definition) is 7. The summed E-state index contributed by atoms with van der Waals surface area (Å²) in [6.07, 6.45) is 5.10. The van der Waals surface area contributed by atoms with Crippen LogP contribution in [-0.4, -0.2) is 67.9 Å². The smallest absolute Gasteiger partial charge is 0.547 e. The molecule has 0 spiro atoms. The molecule has 0 saturated heterocycles. The number of rotatable bonds is 2.